The Morgan fingerprint density at radius 1 is 1.25 bits per heavy atom. The Balaban J connectivity index is 2.18. The fourth-order valence-corrected chi connectivity index (χ4v) is 2.52. The Bertz CT molecular complexity index is 445. The maximum atomic E-state index is 12.8. The summed E-state index contributed by atoms with van der Waals surface area (Å²) in [7, 11) is 0. The average molecular weight is 235 g/mol. The summed E-state index contributed by atoms with van der Waals surface area (Å²) in [6.45, 7) is 2.00. The van der Waals surface area contributed by atoms with Crippen molar-refractivity contribution in [2.75, 3.05) is 0 Å². The summed E-state index contributed by atoms with van der Waals surface area (Å²) in [5, 5.41) is 2.02. The zero-order valence-corrected chi connectivity index (χ0v) is 9.93. The molecule has 1 aromatic carbocycles. The van der Waals surface area contributed by atoms with E-state index in [1.54, 1.807) is 23.5 Å². The van der Waals surface area contributed by atoms with Crippen LogP contribution in [0.3, 0.4) is 0 Å². The van der Waals surface area contributed by atoms with Gasteiger partial charge in [0.25, 0.3) is 0 Å². The summed E-state index contributed by atoms with van der Waals surface area (Å²) in [6, 6.07) is 10.5. The molecular formula is C13H14FNS. The summed E-state index contributed by atoms with van der Waals surface area (Å²) in [6.07, 6.45) is 0.716. The molecule has 0 saturated carbocycles. The summed E-state index contributed by atoms with van der Waals surface area (Å²) >= 11 is 1.65. The van der Waals surface area contributed by atoms with Gasteiger partial charge in [-0.05, 0) is 42.5 Å². The maximum Gasteiger partial charge on any atom is 0.123 e. The van der Waals surface area contributed by atoms with Crippen molar-refractivity contribution in [2.45, 2.75) is 18.9 Å². The van der Waals surface area contributed by atoms with E-state index in [0.717, 1.165) is 10.4 Å². The standard InChI is InChI=1S/C13H14FNS/c1-13(15,12-3-2-8-16-12)9-10-4-6-11(14)7-5-10/h2-8H,9,15H2,1H3. The van der Waals surface area contributed by atoms with Gasteiger partial charge in [-0.25, -0.2) is 4.39 Å². The van der Waals surface area contributed by atoms with Crippen LogP contribution >= 0.6 is 11.3 Å². The Kier molecular flexibility index (Phi) is 3.08. The lowest BCUT2D eigenvalue weighted by Crippen LogP contribution is -2.34. The molecular weight excluding hydrogens is 221 g/mol. The van der Waals surface area contributed by atoms with Gasteiger partial charge in [0.05, 0.1) is 5.54 Å². The highest BCUT2D eigenvalue weighted by Crippen LogP contribution is 2.26. The zero-order valence-electron chi connectivity index (χ0n) is 9.11. The van der Waals surface area contributed by atoms with Gasteiger partial charge in [-0.3, -0.25) is 0 Å². The van der Waals surface area contributed by atoms with Crippen LogP contribution in [0.5, 0.6) is 0 Å². The third kappa shape index (κ3) is 2.49. The largest absolute Gasteiger partial charge is 0.321 e. The molecule has 3 heteroatoms. The molecule has 2 N–H and O–H groups in total. The van der Waals surface area contributed by atoms with Crippen LogP contribution in [0.25, 0.3) is 0 Å². The van der Waals surface area contributed by atoms with E-state index in [1.807, 2.05) is 24.4 Å². The fourth-order valence-electron chi connectivity index (χ4n) is 1.72. The van der Waals surface area contributed by atoms with E-state index in [0.29, 0.717) is 6.42 Å². The van der Waals surface area contributed by atoms with Crippen molar-refractivity contribution in [3.05, 3.63) is 58.0 Å². The summed E-state index contributed by atoms with van der Waals surface area (Å²) in [4.78, 5) is 1.15. The van der Waals surface area contributed by atoms with E-state index >= 15 is 0 Å². The lowest BCUT2D eigenvalue weighted by molar-refractivity contribution is 0.501. The molecule has 2 aromatic rings. The lowest BCUT2D eigenvalue weighted by Gasteiger charge is -2.23. The maximum absolute atomic E-state index is 12.8. The second-order valence-corrected chi connectivity index (χ2v) is 5.15. The van der Waals surface area contributed by atoms with E-state index in [2.05, 4.69) is 0 Å². The Morgan fingerprint density at radius 2 is 1.94 bits per heavy atom. The second kappa shape index (κ2) is 4.36. The number of nitrogens with two attached hydrogens (primary N) is 1. The van der Waals surface area contributed by atoms with Gasteiger partial charge in [-0.1, -0.05) is 18.2 Å². The highest BCUT2D eigenvalue weighted by Gasteiger charge is 2.22. The Labute approximate surface area is 98.7 Å². The normalized spacial score (nSPS) is 14.7. The predicted molar refractivity (Wildman–Crippen MR) is 66.0 cm³/mol. The molecule has 1 atom stereocenters. The van der Waals surface area contributed by atoms with Crippen LogP contribution in [0.4, 0.5) is 4.39 Å². The zero-order chi connectivity index (χ0) is 11.6. The Morgan fingerprint density at radius 3 is 2.50 bits per heavy atom. The number of rotatable bonds is 3. The third-order valence-corrected chi connectivity index (χ3v) is 3.72. The topological polar surface area (TPSA) is 26.0 Å². The molecule has 0 aliphatic heterocycles. The van der Waals surface area contributed by atoms with Crippen molar-refractivity contribution in [2.24, 2.45) is 5.73 Å². The SMILES string of the molecule is CC(N)(Cc1ccc(F)cc1)c1cccs1. The van der Waals surface area contributed by atoms with Gasteiger partial charge in [0.2, 0.25) is 0 Å². The first-order valence-corrected chi connectivity index (χ1v) is 6.03. The van der Waals surface area contributed by atoms with E-state index < -0.39 is 0 Å². The lowest BCUT2D eigenvalue weighted by atomic mass is 9.92. The first kappa shape index (κ1) is 11.3. The van der Waals surface area contributed by atoms with Crippen LogP contribution in [0.2, 0.25) is 0 Å². The first-order chi connectivity index (χ1) is 7.58. The quantitative estimate of drug-likeness (QED) is 0.868. The van der Waals surface area contributed by atoms with Crippen molar-refractivity contribution < 1.29 is 4.39 Å². The molecule has 0 amide bonds. The smallest absolute Gasteiger partial charge is 0.123 e. The molecule has 0 saturated heterocycles. The van der Waals surface area contributed by atoms with Crippen LogP contribution in [0, 0.1) is 5.82 Å². The molecule has 0 fully saturated rings. The van der Waals surface area contributed by atoms with Gasteiger partial charge in [0, 0.05) is 4.88 Å². The molecule has 1 aromatic heterocycles. The highest BCUT2D eigenvalue weighted by atomic mass is 32.1. The average Bonchev–Trinajstić information content (AvgIpc) is 2.75. The van der Waals surface area contributed by atoms with Crippen LogP contribution in [0.1, 0.15) is 17.4 Å². The van der Waals surface area contributed by atoms with Crippen molar-refractivity contribution in [1.82, 2.24) is 0 Å². The van der Waals surface area contributed by atoms with Crippen LogP contribution < -0.4 is 5.73 Å². The third-order valence-electron chi connectivity index (χ3n) is 2.57. The minimum absolute atomic E-state index is 0.210. The van der Waals surface area contributed by atoms with E-state index in [9.17, 15) is 4.39 Å². The highest BCUT2D eigenvalue weighted by molar-refractivity contribution is 7.10. The molecule has 16 heavy (non-hydrogen) atoms. The molecule has 2 rings (SSSR count). The van der Waals surface area contributed by atoms with Gasteiger partial charge in [0.15, 0.2) is 0 Å². The predicted octanol–water partition coefficient (Wildman–Crippen LogP) is 3.30. The number of hydrogen-bond acceptors (Lipinski definition) is 2. The minimum Gasteiger partial charge on any atom is -0.321 e. The molecule has 0 aliphatic carbocycles. The monoisotopic (exact) mass is 235 g/mol. The van der Waals surface area contributed by atoms with Crippen molar-refractivity contribution >= 4 is 11.3 Å². The molecule has 84 valence electrons. The van der Waals surface area contributed by atoms with Gasteiger partial charge in [0.1, 0.15) is 5.82 Å². The molecule has 1 unspecified atom stereocenters. The number of benzene rings is 1. The molecule has 0 radical (unpaired) electrons. The van der Waals surface area contributed by atoms with Crippen molar-refractivity contribution in [3.63, 3.8) is 0 Å². The van der Waals surface area contributed by atoms with Gasteiger partial charge in [-0.2, -0.15) is 0 Å². The van der Waals surface area contributed by atoms with E-state index in [1.165, 1.54) is 12.1 Å². The van der Waals surface area contributed by atoms with E-state index in [4.69, 9.17) is 5.73 Å². The Hall–Kier alpha value is -1.19. The summed E-state index contributed by atoms with van der Waals surface area (Å²) in [5.41, 5.74) is 6.94. The number of hydrogen-bond donors (Lipinski definition) is 1. The van der Waals surface area contributed by atoms with Crippen molar-refractivity contribution in [1.29, 1.82) is 0 Å². The first-order valence-electron chi connectivity index (χ1n) is 5.15. The van der Waals surface area contributed by atoms with Crippen LogP contribution in [-0.2, 0) is 12.0 Å². The van der Waals surface area contributed by atoms with Gasteiger partial charge < -0.3 is 5.73 Å². The second-order valence-electron chi connectivity index (χ2n) is 4.20. The van der Waals surface area contributed by atoms with Gasteiger partial charge >= 0.3 is 0 Å². The number of thiophene rings is 1. The molecule has 0 aliphatic rings. The van der Waals surface area contributed by atoms with Crippen LogP contribution in [-0.4, -0.2) is 0 Å². The molecule has 1 nitrogen and oxygen atoms in total. The van der Waals surface area contributed by atoms with Crippen LogP contribution in [0.15, 0.2) is 41.8 Å². The molecule has 1 heterocycles. The summed E-state index contributed by atoms with van der Waals surface area (Å²) in [5.74, 6) is -0.210. The minimum atomic E-state index is -0.383. The number of halogens is 1. The fraction of sp³-hybridized carbons (Fsp3) is 0.231. The molecule has 0 bridgehead atoms. The summed E-state index contributed by atoms with van der Waals surface area (Å²) < 4.78 is 12.8. The van der Waals surface area contributed by atoms with Gasteiger partial charge in [-0.15, -0.1) is 11.3 Å². The van der Waals surface area contributed by atoms with Crippen molar-refractivity contribution in [3.8, 4) is 0 Å². The molecule has 0 spiro atoms. The van der Waals surface area contributed by atoms with E-state index in [-0.39, 0.29) is 11.4 Å².